The fraction of sp³-hybridized carbons (Fsp3) is 0.250. The van der Waals surface area contributed by atoms with Crippen LogP contribution in [0, 0.1) is 5.82 Å². The van der Waals surface area contributed by atoms with Crippen molar-refractivity contribution in [1.29, 1.82) is 0 Å². The van der Waals surface area contributed by atoms with Gasteiger partial charge in [0.2, 0.25) is 0 Å². The molecule has 0 spiro atoms. The van der Waals surface area contributed by atoms with Gasteiger partial charge in [0.05, 0.1) is 6.04 Å². The van der Waals surface area contributed by atoms with Crippen LogP contribution in [0.3, 0.4) is 0 Å². The van der Waals surface area contributed by atoms with Crippen LogP contribution in [0.25, 0.3) is 0 Å². The van der Waals surface area contributed by atoms with Crippen molar-refractivity contribution >= 4 is 11.6 Å². The third kappa shape index (κ3) is 2.35. The summed E-state index contributed by atoms with van der Waals surface area (Å²) >= 11 is 5.50. The number of hydrogen-bond donors (Lipinski definition) is 1. The van der Waals surface area contributed by atoms with E-state index in [1.54, 1.807) is 0 Å². The summed E-state index contributed by atoms with van der Waals surface area (Å²) < 4.78 is 37.1. The van der Waals surface area contributed by atoms with Gasteiger partial charge in [0, 0.05) is 10.6 Å². The van der Waals surface area contributed by atoms with Crippen molar-refractivity contribution in [3.8, 4) is 0 Å². The molecule has 5 heteroatoms. The van der Waals surface area contributed by atoms with Gasteiger partial charge in [0.15, 0.2) is 0 Å². The van der Waals surface area contributed by atoms with E-state index in [0.717, 1.165) is 12.1 Å². The highest BCUT2D eigenvalue weighted by Crippen LogP contribution is 2.23. The molecule has 1 aromatic carbocycles. The molecule has 2 N–H and O–H groups in total. The molecule has 0 saturated heterocycles. The Kier molecular flexibility index (Phi) is 3.17. The number of hydrogen-bond acceptors (Lipinski definition) is 1. The second kappa shape index (κ2) is 3.98. The van der Waals surface area contributed by atoms with Gasteiger partial charge in [0.1, 0.15) is 5.82 Å². The van der Waals surface area contributed by atoms with E-state index < -0.39 is 18.3 Å². The van der Waals surface area contributed by atoms with E-state index in [2.05, 4.69) is 0 Å². The lowest BCUT2D eigenvalue weighted by atomic mass is 10.1. The van der Waals surface area contributed by atoms with E-state index in [-0.39, 0.29) is 10.6 Å². The van der Waals surface area contributed by atoms with Crippen molar-refractivity contribution in [2.45, 2.75) is 12.5 Å². The molecule has 0 saturated carbocycles. The Hall–Kier alpha value is -0.740. The number of benzene rings is 1. The number of halogens is 4. The maximum atomic E-state index is 12.9. The Labute approximate surface area is 78.3 Å². The van der Waals surface area contributed by atoms with Crippen LogP contribution in [0.5, 0.6) is 0 Å². The van der Waals surface area contributed by atoms with Gasteiger partial charge < -0.3 is 5.73 Å². The van der Waals surface area contributed by atoms with Crippen LogP contribution in [-0.4, -0.2) is 6.43 Å². The Morgan fingerprint density at radius 2 is 1.92 bits per heavy atom. The predicted octanol–water partition coefficient (Wildman–Crippen LogP) is 2.74. The Morgan fingerprint density at radius 1 is 1.31 bits per heavy atom. The summed E-state index contributed by atoms with van der Waals surface area (Å²) in [7, 11) is 0. The topological polar surface area (TPSA) is 26.0 Å². The molecule has 0 aliphatic carbocycles. The van der Waals surface area contributed by atoms with Gasteiger partial charge in [0.25, 0.3) is 6.43 Å². The molecule has 0 unspecified atom stereocenters. The highest BCUT2D eigenvalue weighted by atomic mass is 35.5. The fourth-order valence-electron chi connectivity index (χ4n) is 0.906. The van der Waals surface area contributed by atoms with Crippen molar-refractivity contribution in [2.75, 3.05) is 0 Å². The average molecular weight is 210 g/mol. The maximum absolute atomic E-state index is 12.9. The lowest BCUT2D eigenvalue weighted by Gasteiger charge is -2.11. The molecule has 1 nitrogen and oxygen atoms in total. The lowest BCUT2D eigenvalue weighted by molar-refractivity contribution is 0.115. The molecule has 0 amide bonds. The van der Waals surface area contributed by atoms with Crippen molar-refractivity contribution in [1.82, 2.24) is 0 Å². The fourth-order valence-corrected chi connectivity index (χ4v) is 1.09. The molecule has 1 atom stereocenters. The summed E-state index contributed by atoms with van der Waals surface area (Å²) in [6.45, 7) is 0. The summed E-state index contributed by atoms with van der Waals surface area (Å²) in [6.07, 6.45) is -2.80. The van der Waals surface area contributed by atoms with Crippen molar-refractivity contribution in [3.63, 3.8) is 0 Å². The van der Waals surface area contributed by atoms with Crippen LogP contribution in [0.2, 0.25) is 5.02 Å². The van der Waals surface area contributed by atoms with Gasteiger partial charge >= 0.3 is 0 Å². The zero-order valence-corrected chi connectivity index (χ0v) is 7.23. The quantitative estimate of drug-likeness (QED) is 0.796. The van der Waals surface area contributed by atoms with Crippen LogP contribution in [0.15, 0.2) is 18.2 Å². The molecule has 0 heterocycles. The zero-order valence-electron chi connectivity index (χ0n) is 6.48. The highest BCUT2D eigenvalue weighted by Gasteiger charge is 2.20. The molecule has 72 valence electrons. The van der Waals surface area contributed by atoms with E-state index in [4.69, 9.17) is 17.3 Å². The third-order valence-corrected chi connectivity index (χ3v) is 1.82. The average Bonchev–Trinajstić information content (AvgIpc) is 2.08. The first-order valence-electron chi connectivity index (χ1n) is 3.51. The molecular formula is C8H7ClF3N. The van der Waals surface area contributed by atoms with Gasteiger partial charge in [-0.15, -0.1) is 0 Å². The van der Waals surface area contributed by atoms with E-state index in [9.17, 15) is 13.2 Å². The minimum Gasteiger partial charge on any atom is -0.319 e. The van der Waals surface area contributed by atoms with Crippen LogP contribution < -0.4 is 5.73 Å². The highest BCUT2D eigenvalue weighted by molar-refractivity contribution is 6.30. The number of alkyl halides is 2. The Balaban J connectivity index is 3.05. The molecule has 13 heavy (non-hydrogen) atoms. The predicted molar refractivity (Wildman–Crippen MR) is 44.3 cm³/mol. The van der Waals surface area contributed by atoms with Gasteiger partial charge in [-0.05, 0) is 18.2 Å². The molecular weight excluding hydrogens is 203 g/mol. The second-order valence-corrected chi connectivity index (χ2v) is 2.96. The zero-order chi connectivity index (χ0) is 10.0. The summed E-state index contributed by atoms with van der Waals surface area (Å²) in [5.74, 6) is -0.766. The minimum absolute atomic E-state index is 0.188. The third-order valence-electron chi connectivity index (χ3n) is 1.59. The molecule has 1 aromatic rings. The van der Waals surface area contributed by atoms with Crippen molar-refractivity contribution in [3.05, 3.63) is 34.6 Å². The van der Waals surface area contributed by atoms with Crippen LogP contribution in [-0.2, 0) is 0 Å². The second-order valence-electron chi connectivity index (χ2n) is 2.53. The van der Waals surface area contributed by atoms with Crippen molar-refractivity contribution < 1.29 is 13.2 Å². The number of nitrogens with two attached hydrogens (primary N) is 1. The Bertz CT molecular complexity index is 303. The van der Waals surface area contributed by atoms with Crippen LogP contribution in [0.4, 0.5) is 13.2 Å². The normalized spacial score (nSPS) is 13.4. The molecule has 0 aliphatic heterocycles. The monoisotopic (exact) mass is 209 g/mol. The first-order valence-corrected chi connectivity index (χ1v) is 3.89. The summed E-state index contributed by atoms with van der Waals surface area (Å²) in [6, 6.07) is 1.77. The summed E-state index contributed by atoms with van der Waals surface area (Å²) in [5.41, 5.74) is 4.80. The van der Waals surface area contributed by atoms with Gasteiger partial charge in [-0.2, -0.15) is 0 Å². The molecule has 1 rings (SSSR count). The van der Waals surface area contributed by atoms with Gasteiger partial charge in [-0.1, -0.05) is 11.6 Å². The first kappa shape index (κ1) is 10.3. The molecule has 0 aliphatic rings. The van der Waals surface area contributed by atoms with Crippen LogP contribution in [0.1, 0.15) is 11.6 Å². The SMILES string of the molecule is N[C@H](c1cc(Cl)ccc1F)C(F)F. The smallest absolute Gasteiger partial charge is 0.257 e. The number of rotatable bonds is 2. The first-order chi connectivity index (χ1) is 6.02. The Morgan fingerprint density at radius 3 is 2.46 bits per heavy atom. The maximum Gasteiger partial charge on any atom is 0.257 e. The minimum atomic E-state index is -2.80. The molecule has 0 fully saturated rings. The molecule has 0 aromatic heterocycles. The lowest BCUT2D eigenvalue weighted by Crippen LogP contribution is -2.20. The van der Waals surface area contributed by atoms with Crippen LogP contribution >= 0.6 is 11.6 Å². The van der Waals surface area contributed by atoms with E-state index >= 15 is 0 Å². The van der Waals surface area contributed by atoms with E-state index in [0.29, 0.717) is 0 Å². The molecule has 0 bridgehead atoms. The largest absolute Gasteiger partial charge is 0.319 e. The summed E-state index contributed by atoms with van der Waals surface area (Å²) in [5, 5.41) is 0.188. The van der Waals surface area contributed by atoms with Gasteiger partial charge in [-0.25, -0.2) is 13.2 Å². The van der Waals surface area contributed by atoms with Gasteiger partial charge in [-0.3, -0.25) is 0 Å². The molecule has 0 radical (unpaired) electrons. The standard InChI is InChI=1S/C8H7ClF3N/c9-4-1-2-6(10)5(3-4)7(13)8(11)12/h1-3,7-8H,13H2/t7-/m1/s1. The van der Waals surface area contributed by atoms with E-state index in [1.807, 2.05) is 0 Å². The van der Waals surface area contributed by atoms with Crippen molar-refractivity contribution in [2.24, 2.45) is 5.73 Å². The summed E-state index contributed by atoms with van der Waals surface area (Å²) in [4.78, 5) is 0. The van der Waals surface area contributed by atoms with E-state index in [1.165, 1.54) is 6.07 Å².